The molecular formula is C22H22Cl2N2O4. The highest BCUT2D eigenvalue weighted by molar-refractivity contribution is 6.37. The van der Waals surface area contributed by atoms with Gasteiger partial charge in [-0.15, -0.1) is 0 Å². The van der Waals surface area contributed by atoms with Gasteiger partial charge in [-0.05, 0) is 36.6 Å². The van der Waals surface area contributed by atoms with Gasteiger partial charge in [0, 0.05) is 0 Å². The number of hydrogen-bond donors (Lipinski definition) is 2. The summed E-state index contributed by atoms with van der Waals surface area (Å²) in [5.41, 5.74) is 1.86. The van der Waals surface area contributed by atoms with Crippen LogP contribution >= 0.6 is 23.2 Å². The summed E-state index contributed by atoms with van der Waals surface area (Å²) in [7, 11) is 0. The molecule has 30 heavy (non-hydrogen) atoms. The fraction of sp³-hybridized carbons (Fsp3) is 0.273. The van der Waals surface area contributed by atoms with Crippen molar-refractivity contribution in [3.8, 4) is 5.75 Å². The van der Waals surface area contributed by atoms with Crippen LogP contribution in [0, 0.1) is 0 Å². The lowest BCUT2D eigenvalue weighted by atomic mass is 9.92. The lowest BCUT2D eigenvalue weighted by Gasteiger charge is -2.30. The molecule has 0 saturated heterocycles. The van der Waals surface area contributed by atoms with Crippen LogP contribution in [-0.4, -0.2) is 25.2 Å². The number of carbonyl (C=O) groups is 2. The molecule has 3 rings (SSSR count). The Morgan fingerprint density at radius 3 is 2.37 bits per heavy atom. The Bertz CT molecular complexity index is 953. The molecule has 0 spiro atoms. The van der Waals surface area contributed by atoms with Gasteiger partial charge >= 0.3 is 12.0 Å². The van der Waals surface area contributed by atoms with Gasteiger partial charge in [0.2, 0.25) is 0 Å². The summed E-state index contributed by atoms with van der Waals surface area (Å²) >= 11 is 12.8. The van der Waals surface area contributed by atoms with Crippen molar-refractivity contribution in [3.05, 3.63) is 69.2 Å². The van der Waals surface area contributed by atoms with Crippen molar-refractivity contribution >= 4 is 40.9 Å². The van der Waals surface area contributed by atoms with E-state index in [4.69, 9.17) is 32.7 Å². The first-order valence-corrected chi connectivity index (χ1v) is 10.4. The number of nitrogens with one attached hydrogen (secondary N) is 2. The normalized spacial score (nSPS) is 16.0. The zero-order valence-electron chi connectivity index (χ0n) is 16.6. The van der Waals surface area contributed by atoms with Crippen LogP contribution in [0.1, 0.15) is 37.4 Å². The lowest BCUT2D eigenvalue weighted by molar-refractivity contribution is -0.138. The molecule has 2 aromatic rings. The highest BCUT2D eigenvalue weighted by atomic mass is 35.5. The SMILES string of the molecule is CCCOc1c(Cl)cc(C2NC(=O)NC(c3ccccc3)=C2C(=O)OCC)cc1Cl. The Morgan fingerprint density at radius 2 is 1.77 bits per heavy atom. The summed E-state index contributed by atoms with van der Waals surface area (Å²) in [4.78, 5) is 25.3. The van der Waals surface area contributed by atoms with E-state index in [9.17, 15) is 9.59 Å². The predicted molar refractivity (Wildman–Crippen MR) is 117 cm³/mol. The third-order valence-corrected chi connectivity index (χ3v) is 5.00. The number of amides is 2. The minimum absolute atomic E-state index is 0.191. The van der Waals surface area contributed by atoms with Crippen LogP contribution in [-0.2, 0) is 9.53 Å². The van der Waals surface area contributed by atoms with Gasteiger partial charge in [0.25, 0.3) is 0 Å². The van der Waals surface area contributed by atoms with Crippen LogP contribution in [0.25, 0.3) is 5.70 Å². The second-order valence-electron chi connectivity index (χ2n) is 6.57. The van der Waals surface area contributed by atoms with Crippen LogP contribution in [0.4, 0.5) is 4.79 Å². The zero-order valence-corrected chi connectivity index (χ0v) is 18.1. The van der Waals surface area contributed by atoms with Crippen molar-refractivity contribution in [2.24, 2.45) is 0 Å². The Morgan fingerprint density at radius 1 is 1.10 bits per heavy atom. The average Bonchev–Trinajstić information content (AvgIpc) is 2.73. The van der Waals surface area contributed by atoms with Gasteiger partial charge in [0.15, 0.2) is 5.75 Å². The van der Waals surface area contributed by atoms with E-state index in [1.165, 1.54) is 0 Å². The molecule has 2 aromatic carbocycles. The molecule has 158 valence electrons. The molecule has 0 aromatic heterocycles. The van der Waals surface area contributed by atoms with Crippen LogP contribution < -0.4 is 15.4 Å². The maximum atomic E-state index is 12.9. The van der Waals surface area contributed by atoms with Crippen molar-refractivity contribution in [3.63, 3.8) is 0 Å². The summed E-state index contributed by atoms with van der Waals surface area (Å²) in [6, 6.07) is 11.1. The van der Waals surface area contributed by atoms with E-state index >= 15 is 0 Å². The third kappa shape index (κ3) is 4.71. The number of hydrogen-bond acceptors (Lipinski definition) is 4. The van der Waals surface area contributed by atoms with Crippen molar-refractivity contribution in [1.29, 1.82) is 0 Å². The van der Waals surface area contributed by atoms with E-state index in [2.05, 4.69) is 10.6 Å². The summed E-state index contributed by atoms with van der Waals surface area (Å²) in [5, 5.41) is 6.09. The lowest BCUT2D eigenvalue weighted by Crippen LogP contribution is -2.45. The second-order valence-corrected chi connectivity index (χ2v) is 7.38. The number of benzene rings is 2. The Balaban J connectivity index is 2.14. The number of ether oxygens (including phenoxy) is 2. The van der Waals surface area contributed by atoms with Gasteiger partial charge < -0.3 is 20.1 Å². The van der Waals surface area contributed by atoms with Crippen LogP contribution in [0.15, 0.2) is 48.0 Å². The molecule has 1 heterocycles. The highest BCUT2D eigenvalue weighted by Crippen LogP contribution is 2.39. The molecule has 8 heteroatoms. The number of carbonyl (C=O) groups excluding carboxylic acids is 2. The fourth-order valence-corrected chi connectivity index (χ4v) is 3.78. The van der Waals surface area contributed by atoms with E-state index in [1.807, 2.05) is 25.1 Å². The molecule has 0 fully saturated rings. The Kier molecular flexibility index (Phi) is 7.24. The zero-order chi connectivity index (χ0) is 21.7. The number of urea groups is 1. The molecular weight excluding hydrogens is 427 g/mol. The molecule has 6 nitrogen and oxygen atoms in total. The van der Waals surface area contributed by atoms with E-state index < -0.39 is 18.0 Å². The molecule has 0 saturated carbocycles. The molecule has 1 unspecified atom stereocenters. The highest BCUT2D eigenvalue weighted by Gasteiger charge is 2.35. The van der Waals surface area contributed by atoms with E-state index in [0.717, 1.165) is 6.42 Å². The smallest absolute Gasteiger partial charge is 0.338 e. The standard InChI is InChI=1S/C22H22Cl2N2O4/c1-3-10-30-20-15(23)11-14(12-16(20)24)19-17(21(27)29-4-2)18(25-22(28)26-19)13-8-6-5-7-9-13/h5-9,11-12,19H,3-4,10H2,1-2H3,(H2,25,26,28). The summed E-state index contributed by atoms with van der Waals surface area (Å²) in [5.74, 6) is -0.179. The predicted octanol–water partition coefficient (Wildman–Crippen LogP) is 5.11. The third-order valence-electron chi connectivity index (χ3n) is 4.43. The molecule has 1 aliphatic rings. The van der Waals surface area contributed by atoms with Gasteiger partial charge in [0.05, 0.1) is 40.6 Å². The minimum Gasteiger partial charge on any atom is -0.490 e. The molecule has 1 atom stereocenters. The second kappa shape index (κ2) is 9.87. The number of rotatable bonds is 7. The summed E-state index contributed by atoms with van der Waals surface area (Å²) < 4.78 is 10.9. The maximum absolute atomic E-state index is 12.9. The first-order valence-electron chi connectivity index (χ1n) is 9.62. The largest absolute Gasteiger partial charge is 0.490 e. The summed E-state index contributed by atoms with van der Waals surface area (Å²) in [6.07, 6.45) is 0.801. The van der Waals surface area contributed by atoms with Gasteiger partial charge in [-0.3, -0.25) is 0 Å². The van der Waals surface area contributed by atoms with Crippen LogP contribution in [0.5, 0.6) is 5.75 Å². The van der Waals surface area contributed by atoms with E-state index in [-0.39, 0.29) is 12.2 Å². The topological polar surface area (TPSA) is 76.7 Å². The molecule has 2 amide bonds. The number of esters is 1. The monoisotopic (exact) mass is 448 g/mol. The van der Waals surface area contributed by atoms with Crippen LogP contribution in [0.3, 0.4) is 0 Å². The first-order chi connectivity index (χ1) is 14.5. The van der Waals surface area contributed by atoms with Crippen molar-refractivity contribution in [2.45, 2.75) is 26.3 Å². The Labute approximate surface area is 185 Å². The molecule has 0 radical (unpaired) electrons. The number of halogens is 2. The van der Waals surface area contributed by atoms with Crippen LogP contribution in [0.2, 0.25) is 10.0 Å². The fourth-order valence-electron chi connectivity index (χ4n) is 3.16. The van der Waals surface area contributed by atoms with E-state index in [0.29, 0.717) is 39.2 Å². The molecule has 1 aliphatic heterocycles. The van der Waals surface area contributed by atoms with Gasteiger partial charge in [-0.1, -0.05) is 60.5 Å². The molecule has 0 aliphatic carbocycles. The quantitative estimate of drug-likeness (QED) is 0.576. The van der Waals surface area contributed by atoms with E-state index in [1.54, 1.807) is 31.2 Å². The van der Waals surface area contributed by atoms with Crippen molar-refractivity contribution in [2.75, 3.05) is 13.2 Å². The Hall–Kier alpha value is -2.70. The summed E-state index contributed by atoms with van der Waals surface area (Å²) in [6.45, 7) is 4.35. The van der Waals surface area contributed by atoms with Gasteiger partial charge in [0.1, 0.15) is 0 Å². The van der Waals surface area contributed by atoms with Crippen molar-refractivity contribution in [1.82, 2.24) is 10.6 Å². The van der Waals surface area contributed by atoms with Gasteiger partial charge in [-0.25, -0.2) is 9.59 Å². The first kappa shape index (κ1) is 22.0. The molecule has 0 bridgehead atoms. The average molecular weight is 449 g/mol. The molecule has 2 N–H and O–H groups in total. The van der Waals surface area contributed by atoms with Crippen molar-refractivity contribution < 1.29 is 19.1 Å². The van der Waals surface area contributed by atoms with Gasteiger partial charge in [-0.2, -0.15) is 0 Å². The maximum Gasteiger partial charge on any atom is 0.338 e. The minimum atomic E-state index is -0.803.